The third kappa shape index (κ3) is 4.44. The van der Waals surface area contributed by atoms with Crippen LogP contribution in [0.3, 0.4) is 0 Å². The van der Waals surface area contributed by atoms with E-state index in [1.54, 1.807) is 17.0 Å². The van der Waals surface area contributed by atoms with Gasteiger partial charge in [-0.3, -0.25) is 19.8 Å². The fourth-order valence-electron chi connectivity index (χ4n) is 3.31. The van der Waals surface area contributed by atoms with Gasteiger partial charge in [0.2, 0.25) is 0 Å². The smallest absolute Gasteiger partial charge is 0.282 e. The molecule has 3 rings (SSSR count). The molecule has 2 aromatic carbocycles. The molecule has 7 nitrogen and oxygen atoms in total. The summed E-state index contributed by atoms with van der Waals surface area (Å²) in [6, 6.07) is 12.0. The maximum absolute atomic E-state index is 13.4. The van der Waals surface area contributed by atoms with E-state index in [2.05, 4.69) is 13.8 Å². The Hall–Kier alpha value is -2.84. The zero-order valence-electron chi connectivity index (χ0n) is 16.8. The summed E-state index contributed by atoms with van der Waals surface area (Å²) < 4.78 is 0.996. The maximum atomic E-state index is 13.4. The lowest BCUT2D eigenvalue weighted by Gasteiger charge is -2.23. The molecule has 1 aromatic heterocycles. The highest BCUT2D eigenvalue weighted by molar-refractivity contribution is 7.22. The highest BCUT2D eigenvalue weighted by atomic mass is 32.1. The molecule has 0 unspecified atom stereocenters. The Morgan fingerprint density at radius 3 is 2.55 bits per heavy atom. The maximum Gasteiger partial charge on any atom is 0.282 e. The molecule has 0 radical (unpaired) electrons. The first-order valence-corrected chi connectivity index (χ1v) is 10.5. The predicted molar refractivity (Wildman–Crippen MR) is 116 cm³/mol. The number of thiazole rings is 1. The number of nitrogens with one attached hydrogen (secondary N) is 1. The Labute approximate surface area is 173 Å². The Morgan fingerprint density at radius 1 is 1.17 bits per heavy atom. The third-order valence-electron chi connectivity index (χ3n) is 5.11. The molecule has 0 atom stereocenters. The second kappa shape index (κ2) is 9.11. The van der Waals surface area contributed by atoms with Gasteiger partial charge >= 0.3 is 0 Å². The van der Waals surface area contributed by atoms with Crippen LogP contribution in [0.25, 0.3) is 10.2 Å². The molecule has 1 heterocycles. The van der Waals surface area contributed by atoms with Gasteiger partial charge in [-0.2, -0.15) is 0 Å². The number of amides is 1. The van der Waals surface area contributed by atoms with Crippen molar-refractivity contribution in [2.24, 2.45) is 0 Å². The molecule has 8 heteroatoms. The van der Waals surface area contributed by atoms with E-state index in [1.165, 1.54) is 28.4 Å². The summed E-state index contributed by atoms with van der Waals surface area (Å²) in [6.45, 7) is 9.28. The number of fused-ring (bicyclic) bond motifs is 1. The molecule has 0 saturated carbocycles. The van der Waals surface area contributed by atoms with Gasteiger partial charge in [0.05, 0.1) is 41.3 Å². The topological polar surface area (TPSA) is 80.8 Å². The minimum atomic E-state index is -0.510. The van der Waals surface area contributed by atoms with Crippen molar-refractivity contribution in [2.75, 3.05) is 31.1 Å². The van der Waals surface area contributed by atoms with E-state index in [9.17, 15) is 14.9 Å². The summed E-state index contributed by atoms with van der Waals surface area (Å²) in [5.74, 6) is -0.388. The quantitative estimate of drug-likeness (QED) is 0.455. The molecular formula is C21H25N4O3S+. The lowest BCUT2D eigenvalue weighted by Crippen LogP contribution is -3.12. The molecule has 0 aliphatic heterocycles. The van der Waals surface area contributed by atoms with Crippen LogP contribution in [0, 0.1) is 17.0 Å². The van der Waals surface area contributed by atoms with Crippen LogP contribution < -0.4 is 9.80 Å². The number of carbonyl (C=O) groups is 1. The molecule has 0 saturated heterocycles. The molecule has 0 aliphatic rings. The second-order valence-electron chi connectivity index (χ2n) is 6.86. The summed E-state index contributed by atoms with van der Waals surface area (Å²) in [5, 5.41) is 12.0. The fourth-order valence-corrected chi connectivity index (χ4v) is 4.37. The number of likely N-dealkylation sites (N-methyl/N-ethyl adjacent to an activating group) is 1. The van der Waals surface area contributed by atoms with Crippen molar-refractivity contribution in [3.63, 3.8) is 0 Å². The Morgan fingerprint density at radius 2 is 1.90 bits per heavy atom. The van der Waals surface area contributed by atoms with Gasteiger partial charge in [0, 0.05) is 6.07 Å². The van der Waals surface area contributed by atoms with Gasteiger partial charge in [-0.1, -0.05) is 35.6 Å². The van der Waals surface area contributed by atoms with Crippen LogP contribution >= 0.6 is 11.3 Å². The van der Waals surface area contributed by atoms with E-state index in [-0.39, 0.29) is 17.2 Å². The first-order valence-electron chi connectivity index (χ1n) is 9.71. The lowest BCUT2D eigenvalue weighted by molar-refractivity contribution is -0.894. The molecule has 0 spiro atoms. The number of nitro benzene ring substituents is 1. The minimum absolute atomic E-state index is 0.0861. The summed E-state index contributed by atoms with van der Waals surface area (Å²) in [7, 11) is 0. The van der Waals surface area contributed by atoms with Gasteiger partial charge in [-0.05, 0) is 38.5 Å². The molecule has 3 aromatic rings. The lowest BCUT2D eigenvalue weighted by atomic mass is 10.1. The van der Waals surface area contributed by atoms with Crippen LogP contribution in [0.4, 0.5) is 10.8 Å². The van der Waals surface area contributed by atoms with Crippen LogP contribution in [-0.2, 0) is 0 Å². The summed E-state index contributed by atoms with van der Waals surface area (Å²) in [6.07, 6.45) is 0. The van der Waals surface area contributed by atoms with E-state index in [0.717, 1.165) is 35.4 Å². The van der Waals surface area contributed by atoms with Crippen LogP contribution in [0.1, 0.15) is 29.8 Å². The molecule has 1 N–H and O–H groups in total. The molecular weight excluding hydrogens is 388 g/mol. The normalized spacial score (nSPS) is 11.2. The number of hydrogen-bond donors (Lipinski definition) is 1. The second-order valence-corrected chi connectivity index (χ2v) is 7.87. The number of aromatic nitrogens is 1. The van der Waals surface area contributed by atoms with Crippen molar-refractivity contribution in [1.82, 2.24) is 4.98 Å². The van der Waals surface area contributed by atoms with Gasteiger partial charge in [-0.15, -0.1) is 0 Å². The number of nitro groups is 1. The molecule has 0 aliphatic carbocycles. The standard InChI is InChI=1S/C21H24N4O3S/c1-4-23(5-2)13-14-24(20(26)16-10-6-7-11-17(16)25(27)28)21-22-19-15(3)9-8-12-18(19)29-21/h6-12H,4-5,13-14H2,1-3H3/p+1. The SMILES string of the molecule is CC[NH+](CC)CCN(C(=O)c1ccccc1[N+](=O)[O-])c1nc2c(C)cccc2s1. The monoisotopic (exact) mass is 413 g/mol. The Balaban J connectivity index is 2.04. The van der Waals surface area contributed by atoms with Crippen molar-refractivity contribution in [3.8, 4) is 0 Å². The number of benzene rings is 2. The number of hydrogen-bond acceptors (Lipinski definition) is 5. The molecule has 0 bridgehead atoms. The van der Waals surface area contributed by atoms with Crippen LogP contribution in [0.15, 0.2) is 42.5 Å². The van der Waals surface area contributed by atoms with Crippen molar-refractivity contribution in [3.05, 3.63) is 63.7 Å². The van der Waals surface area contributed by atoms with E-state index < -0.39 is 4.92 Å². The van der Waals surface area contributed by atoms with E-state index >= 15 is 0 Å². The summed E-state index contributed by atoms with van der Waals surface area (Å²) in [5.41, 5.74) is 1.80. The Bertz CT molecular complexity index is 1030. The summed E-state index contributed by atoms with van der Waals surface area (Å²) in [4.78, 5) is 32.0. The number of quaternary nitrogens is 1. The van der Waals surface area contributed by atoms with E-state index in [4.69, 9.17) is 4.98 Å². The average molecular weight is 414 g/mol. The number of aryl methyl sites for hydroxylation is 1. The van der Waals surface area contributed by atoms with Crippen LogP contribution in [0.5, 0.6) is 0 Å². The molecule has 152 valence electrons. The van der Waals surface area contributed by atoms with Crippen LogP contribution in [0.2, 0.25) is 0 Å². The van der Waals surface area contributed by atoms with Gasteiger partial charge in [0.25, 0.3) is 11.6 Å². The van der Waals surface area contributed by atoms with Gasteiger partial charge in [0.15, 0.2) is 5.13 Å². The first-order chi connectivity index (χ1) is 14.0. The minimum Gasteiger partial charge on any atom is -0.334 e. The van der Waals surface area contributed by atoms with Gasteiger partial charge < -0.3 is 4.90 Å². The van der Waals surface area contributed by atoms with Crippen molar-refractivity contribution < 1.29 is 14.6 Å². The number of rotatable bonds is 8. The van der Waals surface area contributed by atoms with Gasteiger partial charge in [0.1, 0.15) is 5.56 Å². The molecule has 29 heavy (non-hydrogen) atoms. The number of carbonyl (C=O) groups excluding carboxylic acids is 1. The van der Waals surface area contributed by atoms with E-state index in [0.29, 0.717) is 11.7 Å². The zero-order chi connectivity index (χ0) is 21.0. The average Bonchev–Trinajstić information content (AvgIpc) is 3.16. The van der Waals surface area contributed by atoms with Gasteiger partial charge in [-0.25, -0.2) is 4.98 Å². The number of nitrogens with zero attached hydrogens (tertiary/aromatic N) is 3. The molecule has 1 amide bonds. The summed E-state index contributed by atoms with van der Waals surface area (Å²) >= 11 is 1.44. The Kier molecular flexibility index (Phi) is 6.56. The third-order valence-corrected chi connectivity index (χ3v) is 6.15. The highest BCUT2D eigenvalue weighted by Gasteiger charge is 2.28. The largest absolute Gasteiger partial charge is 0.334 e. The van der Waals surface area contributed by atoms with Crippen molar-refractivity contribution in [1.29, 1.82) is 0 Å². The number of para-hydroxylation sites is 2. The fraction of sp³-hybridized carbons (Fsp3) is 0.333. The van der Waals surface area contributed by atoms with Crippen molar-refractivity contribution in [2.45, 2.75) is 20.8 Å². The first kappa shape index (κ1) is 20.9. The zero-order valence-corrected chi connectivity index (χ0v) is 17.7. The number of anilines is 1. The highest BCUT2D eigenvalue weighted by Crippen LogP contribution is 2.32. The predicted octanol–water partition coefficient (Wildman–Crippen LogP) is 3.08. The van der Waals surface area contributed by atoms with Crippen LogP contribution in [-0.4, -0.2) is 42.0 Å². The molecule has 0 fully saturated rings. The van der Waals surface area contributed by atoms with Crippen molar-refractivity contribution >= 4 is 38.3 Å². The van der Waals surface area contributed by atoms with E-state index in [1.807, 2.05) is 25.1 Å².